The molecule has 33 heavy (non-hydrogen) atoms. The fourth-order valence-electron chi connectivity index (χ4n) is 3.63. The second kappa shape index (κ2) is 9.77. The van der Waals surface area contributed by atoms with Crippen LogP contribution in [0, 0.1) is 13.8 Å². The molecule has 0 radical (unpaired) electrons. The maximum Gasteiger partial charge on any atom is 0.292 e. The Bertz CT molecular complexity index is 1250. The number of amides is 1. The monoisotopic (exact) mass is 443 g/mol. The molecule has 0 saturated heterocycles. The minimum atomic E-state index is -0.346. The van der Waals surface area contributed by atoms with Crippen LogP contribution in [0.25, 0.3) is 0 Å². The second-order valence-electron chi connectivity index (χ2n) is 8.53. The largest absolute Gasteiger partial charge is 0.485 e. The summed E-state index contributed by atoms with van der Waals surface area (Å²) in [5, 5.41) is 7.24. The van der Waals surface area contributed by atoms with Crippen molar-refractivity contribution in [3.05, 3.63) is 101 Å². The summed E-state index contributed by atoms with van der Waals surface area (Å²) in [6.07, 6.45) is 1.84. The molecule has 0 fully saturated rings. The molecule has 2 aromatic heterocycles. The van der Waals surface area contributed by atoms with Crippen LogP contribution < -0.4 is 10.1 Å². The maximum atomic E-state index is 12.6. The second-order valence-corrected chi connectivity index (χ2v) is 8.53. The van der Waals surface area contributed by atoms with Gasteiger partial charge < -0.3 is 14.5 Å². The molecule has 0 bridgehead atoms. The Morgan fingerprint density at radius 2 is 1.91 bits per heavy atom. The van der Waals surface area contributed by atoms with E-state index >= 15 is 0 Å². The SMILES string of the molecule is Cc1ccc(C(C)C)c(OCc2ccc(C(=O)Nc3ccn(Cc4ccccc4C)n3)o2)c1. The summed E-state index contributed by atoms with van der Waals surface area (Å²) in [5.41, 5.74) is 4.67. The lowest BCUT2D eigenvalue weighted by Gasteiger charge is -2.14. The molecule has 0 aliphatic carbocycles. The maximum absolute atomic E-state index is 12.6. The van der Waals surface area contributed by atoms with Gasteiger partial charge in [0.2, 0.25) is 0 Å². The van der Waals surface area contributed by atoms with E-state index in [-0.39, 0.29) is 18.3 Å². The average Bonchev–Trinajstić information content (AvgIpc) is 3.43. The molecule has 1 N–H and O–H groups in total. The Labute approximate surface area is 194 Å². The first-order chi connectivity index (χ1) is 15.9. The van der Waals surface area contributed by atoms with Gasteiger partial charge in [-0.05, 0) is 60.2 Å². The number of aryl methyl sites for hydroxylation is 2. The molecular weight excluding hydrogens is 414 g/mol. The van der Waals surface area contributed by atoms with Gasteiger partial charge in [0.1, 0.15) is 18.1 Å². The number of carbonyl (C=O) groups excluding carboxylic acids is 1. The summed E-state index contributed by atoms with van der Waals surface area (Å²) >= 11 is 0. The van der Waals surface area contributed by atoms with E-state index in [1.54, 1.807) is 22.9 Å². The van der Waals surface area contributed by atoms with Gasteiger partial charge in [-0.2, -0.15) is 5.10 Å². The Hall–Kier alpha value is -3.80. The molecule has 0 saturated carbocycles. The van der Waals surface area contributed by atoms with Crippen LogP contribution in [0.1, 0.15) is 58.3 Å². The number of carbonyl (C=O) groups is 1. The van der Waals surface area contributed by atoms with Crippen molar-refractivity contribution in [2.45, 2.75) is 46.8 Å². The van der Waals surface area contributed by atoms with E-state index < -0.39 is 0 Å². The molecule has 2 aromatic carbocycles. The lowest BCUT2D eigenvalue weighted by atomic mass is 10.0. The first-order valence-electron chi connectivity index (χ1n) is 11.1. The molecular formula is C27H29N3O3. The number of nitrogens with one attached hydrogen (secondary N) is 1. The van der Waals surface area contributed by atoms with Crippen molar-refractivity contribution < 1.29 is 13.9 Å². The summed E-state index contributed by atoms with van der Waals surface area (Å²) in [4.78, 5) is 12.6. The molecule has 2 heterocycles. The van der Waals surface area contributed by atoms with Gasteiger partial charge in [0, 0.05) is 12.3 Å². The quantitative estimate of drug-likeness (QED) is 0.357. The third-order valence-electron chi connectivity index (χ3n) is 5.52. The molecule has 1 amide bonds. The standard InChI is InChI=1S/C27H29N3O3/c1-18(2)23-11-9-19(3)15-25(23)32-17-22-10-12-24(33-22)27(31)28-26-13-14-30(29-26)16-21-8-6-5-7-20(21)4/h5-15,18H,16-17H2,1-4H3,(H,28,29,31). The van der Waals surface area contributed by atoms with Crippen LogP contribution in [0.15, 0.2) is 71.3 Å². The van der Waals surface area contributed by atoms with Gasteiger partial charge in [-0.15, -0.1) is 0 Å². The predicted molar refractivity (Wildman–Crippen MR) is 129 cm³/mol. The highest BCUT2D eigenvalue weighted by Gasteiger charge is 2.15. The summed E-state index contributed by atoms with van der Waals surface area (Å²) in [7, 11) is 0. The molecule has 0 spiro atoms. The minimum absolute atomic E-state index is 0.218. The van der Waals surface area contributed by atoms with Crippen molar-refractivity contribution in [3.8, 4) is 5.75 Å². The molecule has 0 aliphatic heterocycles. The van der Waals surface area contributed by atoms with E-state index in [1.807, 2.05) is 31.3 Å². The van der Waals surface area contributed by atoms with Crippen LogP contribution in [0.5, 0.6) is 5.75 Å². The van der Waals surface area contributed by atoms with E-state index in [0.717, 1.165) is 16.9 Å². The highest BCUT2D eigenvalue weighted by Crippen LogP contribution is 2.28. The Morgan fingerprint density at radius 1 is 1.09 bits per heavy atom. The van der Waals surface area contributed by atoms with Crippen molar-refractivity contribution in [3.63, 3.8) is 0 Å². The van der Waals surface area contributed by atoms with Crippen LogP contribution in [0.3, 0.4) is 0 Å². The lowest BCUT2D eigenvalue weighted by molar-refractivity contribution is 0.0992. The molecule has 0 atom stereocenters. The number of aromatic nitrogens is 2. The highest BCUT2D eigenvalue weighted by atomic mass is 16.5. The topological polar surface area (TPSA) is 69.3 Å². The zero-order valence-electron chi connectivity index (χ0n) is 19.5. The molecule has 0 aliphatic rings. The third kappa shape index (κ3) is 5.52. The van der Waals surface area contributed by atoms with E-state index in [0.29, 0.717) is 24.0 Å². The van der Waals surface area contributed by atoms with Crippen molar-refractivity contribution in [1.82, 2.24) is 9.78 Å². The predicted octanol–water partition coefficient (Wildman–Crippen LogP) is 6.10. The number of nitrogens with zero attached hydrogens (tertiary/aromatic N) is 2. The van der Waals surface area contributed by atoms with E-state index in [1.165, 1.54) is 11.1 Å². The molecule has 4 rings (SSSR count). The van der Waals surface area contributed by atoms with Gasteiger partial charge >= 0.3 is 0 Å². The molecule has 0 unspecified atom stereocenters. The summed E-state index contributed by atoms with van der Waals surface area (Å²) < 4.78 is 13.5. The summed E-state index contributed by atoms with van der Waals surface area (Å²) in [6.45, 7) is 9.27. The summed E-state index contributed by atoms with van der Waals surface area (Å²) in [5.74, 6) is 2.12. The van der Waals surface area contributed by atoms with E-state index in [4.69, 9.17) is 9.15 Å². The molecule has 170 valence electrons. The van der Waals surface area contributed by atoms with Crippen molar-refractivity contribution in [1.29, 1.82) is 0 Å². The number of hydrogen-bond donors (Lipinski definition) is 1. The van der Waals surface area contributed by atoms with Crippen molar-refractivity contribution in [2.75, 3.05) is 5.32 Å². The van der Waals surface area contributed by atoms with Gasteiger partial charge in [0.05, 0.1) is 6.54 Å². The molecule has 6 nitrogen and oxygen atoms in total. The van der Waals surface area contributed by atoms with Crippen LogP contribution in [-0.4, -0.2) is 15.7 Å². The average molecular weight is 444 g/mol. The Morgan fingerprint density at radius 3 is 2.70 bits per heavy atom. The molecule has 6 heteroatoms. The third-order valence-corrected chi connectivity index (χ3v) is 5.52. The zero-order chi connectivity index (χ0) is 23.4. The summed E-state index contributed by atoms with van der Waals surface area (Å²) in [6, 6.07) is 19.6. The van der Waals surface area contributed by atoms with Crippen molar-refractivity contribution >= 4 is 11.7 Å². The van der Waals surface area contributed by atoms with E-state index in [2.05, 4.69) is 55.5 Å². The Balaban J connectivity index is 1.37. The zero-order valence-corrected chi connectivity index (χ0v) is 19.5. The van der Waals surface area contributed by atoms with Crippen LogP contribution in [0.4, 0.5) is 5.82 Å². The Kier molecular flexibility index (Phi) is 6.63. The van der Waals surface area contributed by atoms with Crippen molar-refractivity contribution in [2.24, 2.45) is 0 Å². The number of rotatable bonds is 8. The van der Waals surface area contributed by atoms with E-state index in [9.17, 15) is 4.79 Å². The number of anilines is 1. The fourth-order valence-corrected chi connectivity index (χ4v) is 3.63. The molecule has 4 aromatic rings. The van der Waals surface area contributed by atoms with Crippen LogP contribution in [0.2, 0.25) is 0 Å². The van der Waals surface area contributed by atoms with Gasteiger partial charge in [-0.1, -0.05) is 50.2 Å². The van der Waals surface area contributed by atoms with Crippen LogP contribution >= 0.6 is 0 Å². The number of ether oxygens (including phenoxy) is 1. The number of benzene rings is 2. The lowest BCUT2D eigenvalue weighted by Crippen LogP contribution is -2.12. The normalized spacial score (nSPS) is 11.1. The first kappa shape index (κ1) is 22.4. The highest BCUT2D eigenvalue weighted by molar-refractivity contribution is 6.01. The minimum Gasteiger partial charge on any atom is -0.485 e. The van der Waals surface area contributed by atoms with Gasteiger partial charge in [0.25, 0.3) is 5.91 Å². The number of furan rings is 1. The van der Waals surface area contributed by atoms with Gasteiger partial charge in [-0.3, -0.25) is 9.48 Å². The fraction of sp³-hybridized carbons (Fsp3) is 0.259. The first-order valence-corrected chi connectivity index (χ1v) is 11.1. The van der Waals surface area contributed by atoms with Gasteiger partial charge in [0.15, 0.2) is 11.6 Å². The number of hydrogen-bond acceptors (Lipinski definition) is 4. The smallest absolute Gasteiger partial charge is 0.292 e. The van der Waals surface area contributed by atoms with Crippen LogP contribution in [-0.2, 0) is 13.2 Å². The van der Waals surface area contributed by atoms with Gasteiger partial charge in [-0.25, -0.2) is 0 Å².